The van der Waals surface area contributed by atoms with Crippen LogP contribution in [0.15, 0.2) is 4.99 Å². The van der Waals surface area contributed by atoms with Crippen LogP contribution in [0.1, 0.15) is 40.0 Å². The van der Waals surface area contributed by atoms with E-state index in [1.807, 2.05) is 11.8 Å². The summed E-state index contributed by atoms with van der Waals surface area (Å²) >= 11 is 1.90. The number of hydrogen-bond acceptors (Lipinski definition) is 4. The van der Waals surface area contributed by atoms with Crippen LogP contribution >= 0.6 is 11.8 Å². The number of rotatable bonds is 8. The van der Waals surface area contributed by atoms with Gasteiger partial charge in [-0.2, -0.15) is 0 Å². The van der Waals surface area contributed by atoms with Crippen LogP contribution in [-0.4, -0.2) is 36.7 Å². The van der Waals surface area contributed by atoms with Gasteiger partial charge in [-0.3, -0.25) is 4.99 Å². The second kappa shape index (κ2) is 8.81. The fraction of sp³-hybridized carbons (Fsp3) is 0.923. The highest BCUT2D eigenvalue weighted by Crippen LogP contribution is 2.23. The molecule has 0 spiro atoms. The average Bonchev–Trinajstić information content (AvgIpc) is 2.71. The molecule has 0 aromatic carbocycles. The molecule has 3 nitrogen and oxygen atoms in total. The maximum absolute atomic E-state index is 5.53. The molecule has 1 rings (SSSR count). The van der Waals surface area contributed by atoms with E-state index in [-0.39, 0.29) is 0 Å². The summed E-state index contributed by atoms with van der Waals surface area (Å²) in [4.78, 5) is 4.51. The molecule has 100 valence electrons. The van der Waals surface area contributed by atoms with Crippen molar-refractivity contribution >= 4 is 16.9 Å². The van der Waals surface area contributed by atoms with Crippen molar-refractivity contribution in [2.24, 2.45) is 10.9 Å². The third kappa shape index (κ3) is 6.94. The molecule has 1 N–H and O–H groups in total. The van der Waals surface area contributed by atoms with Gasteiger partial charge in [0.25, 0.3) is 0 Å². The molecule has 4 heteroatoms. The topological polar surface area (TPSA) is 33.6 Å². The summed E-state index contributed by atoms with van der Waals surface area (Å²) in [6.45, 7) is 10.3. The minimum atomic E-state index is 0.632. The van der Waals surface area contributed by atoms with Crippen molar-refractivity contribution in [1.82, 2.24) is 5.32 Å². The molecule has 1 heterocycles. The Morgan fingerprint density at radius 3 is 3.06 bits per heavy atom. The molecule has 0 fully saturated rings. The van der Waals surface area contributed by atoms with Gasteiger partial charge < -0.3 is 10.1 Å². The van der Waals surface area contributed by atoms with Crippen LogP contribution in [0.3, 0.4) is 0 Å². The van der Waals surface area contributed by atoms with E-state index in [2.05, 4.69) is 31.1 Å². The van der Waals surface area contributed by atoms with Crippen molar-refractivity contribution in [2.75, 3.05) is 26.3 Å². The van der Waals surface area contributed by atoms with Crippen molar-refractivity contribution in [3.8, 4) is 0 Å². The average molecular weight is 258 g/mol. The highest BCUT2D eigenvalue weighted by Gasteiger charge is 2.17. The zero-order chi connectivity index (χ0) is 12.5. The van der Waals surface area contributed by atoms with Crippen LogP contribution in [0.25, 0.3) is 0 Å². The Hall–Kier alpha value is -0.220. The highest BCUT2D eigenvalue weighted by molar-refractivity contribution is 8.14. The monoisotopic (exact) mass is 258 g/mol. The fourth-order valence-electron chi connectivity index (χ4n) is 1.68. The maximum Gasteiger partial charge on any atom is 0.156 e. The van der Waals surface area contributed by atoms with E-state index in [1.165, 1.54) is 12.8 Å². The summed E-state index contributed by atoms with van der Waals surface area (Å²) < 4.78 is 5.53. The quantitative estimate of drug-likeness (QED) is 0.680. The predicted molar refractivity (Wildman–Crippen MR) is 76.9 cm³/mol. The SMILES string of the molecule is CCCC1CN=C(NCCCOCC(C)C)S1. The van der Waals surface area contributed by atoms with E-state index >= 15 is 0 Å². The lowest BCUT2D eigenvalue weighted by Crippen LogP contribution is -2.22. The Balaban J connectivity index is 1.94. The smallest absolute Gasteiger partial charge is 0.156 e. The third-order valence-corrected chi connectivity index (χ3v) is 3.74. The molecule has 0 radical (unpaired) electrons. The van der Waals surface area contributed by atoms with Crippen LogP contribution in [0, 0.1) is 5.92 Å². The summed E-state index contributed by atoms with van der Waals surface area (Å²) in [6.07, 6.45) is 3.59. The molecular weight excluding hydrogens is 232 g/mol. The molecule has 0 aliphatic carbocycles. The highest BCUT2D eigenvalue weighted by atomic mass is 32.2. The Kier molecular flexibility index (Phi) is 7.69. The zero-order valence-corrected chi connectivity index (χ0v) is 12.2. The molecule has 0 aromatic rings. The summed E-state index contributed by atoms with van der Waals surface area (Å²) in [7, 11) is 0. The molecule has 0 aromatic heterocycles. The zero-order valence-electron chi connectivity index (χ0n) is 11.4. The van der Waals surface area contributed by atoms with Gasteiger partial charge in [0.15, 0.2) is 5.17 Å². The van der Waals surface area contributed by atoms with Crippen molar-refractivity contribution < 1.29 is 4.74 Å². The minimum Gasteiger partial charge on any atom is -0.381 e. The van der Waals surface area contributed by atoms with Crippen LogP contribution in [0.2, 0.25) is 0 Å². The Morgan fingerprint density at radius 2 is 2.35 bits per heavy atom. The lowest BCUT2D eigenvalue weighted by molar-refractivity contribution is 0.108. The molecule has 1 aliphatic heterocycles. The second-order valence-corrected chi connectivity index (χ2v) is 6.21. The van der Waals surface area contributed by atoms with Gasteiger partial charge in [0.1, 0.15) is 0 Å². The molecule has 0 saturated carbocycles. The fourth-order valence-corrected chi connectivity index (χ4v) is 2.83. The van der Waals surface area contributed by atoms with E-state index in [9.17, 15) is 0 Å². The predicted octanol–water partition coefficient (Wildman–Crippen LogP) is 2.91. The van der Waals surface area contributed by atoms with E-state index in [4.69, 9.17) is 4.74 Å². The van der Waals surface area contributed by atoms with E-state index in [0.29, 0.717) is 11.2 Å². The molecule has 1 atom stereocenters. The van der Waals surface area contributed by atoms with Gasteiger partial charge in [-0.25, -0.2) is 0 Å². The van der Waals surface area contributed by atoms with Gasteiger partial charge in [-0.05, 0) is 18.8 Å². The van der Waals surface area contributed by atoms with Gasteiger partial charge in [0.05, 0.1) is 6.54 Å². The van der Waals surface area contributed by atoms with Crippen LogP contribution < -0.4 is 5.32 Å². The minimum absolute atomic E-state index is 0.632. The Morgan fingerprint density at radius 1 is 1.53 bits per heavy atom. The summed E-state index contributed by atoms with van der Waals surface area (Å²) in [6, 6.07) is 0. The van der Waals surface area contributed by atoms with Crippen molar-refractivity contribution in [3.05, 3.63) is 0 Å². The summed E-state index contributed by atoms with van der Waals surface area (Å²) in [5.74, 6) is 0.632. The summed E-state index contributed by atoms with van der Waals surface area (Å²) in [5, 5.41) is 5.23. The standard InChI is InChI=1S/C13H26N2OS/c1-4-6-12-9-15-13(17-12)14-7-5-8-16-10-11(2)3/h11-12H,4-10H2,1-3H3,(H,14,15). The van der Waals surface area contributed by atoms with Gasteiger partial charge in [0, 0.05) is 25.0 Å². The van der Waals surface area contributed by atoms with Crippen molar-refractivity contribution in [3.63, 3.8) is 0 Å². The lowest BCUT2D eigenvalue weighted by atomic mass is 10.2. The first kappa shape index (κ1) is 14.8. The van der Waals surface area contributed by atoms with Gasteiger partial charge in [0.2, 0.25) is 0 Å². The number of hydrogen-bond donors (Lipinski definition) is 1. The molecule has 17 heavy (non-hydrogen) atoms. The maximum atomic E-state index is 5.53. The van der Waals surface area contributed by atoms with Gasteiger partial charge in [-0.15, -0.1) is 0 Å². The van der Waals surface area contributed by atoms with Crippen LogP contribution in [0.4, 0.5) is 0 Å². The van der Waals surface area contributed by atoms with Crippen molar-refractivity contribution in [1.29, 1.82) is 0 Å². The van der Waals surface area contributed by atoms with Crippen LogP contribution in [-0.2, 0) is 4.74 Å². The number of nitrogens with zero attached hydrogens (tertiary/aromatic N) is 1. The number of amidine groups is 1. The normalized spacial score (nSPS) is 19.8. The van der Waals surface area contributed by atoms with Crippen LogP contribution in [0.5, 0.6) is 0 Å². The molecular formula is C13H26N2OS. The van der Waals surface area contributed by atoms with Gasteiger partial charge >= 0.3 is 0 Å². The molecule has 0 saturated heterocycles. The first-order valence-corrected chi connectivity index (χ1v) is 7.63. The Bertz CT molecular complexity index is 231. The first-order chi connectivity index (χ1) is 8.22. The molecule has 1 unspecified atom stereocenters. The molecule has 0 amide bonds. The number of aliphatic imine (C=N–C) groups is 1. The molecule has 0 bridgehead atoms. The first-order valence-electron chi connectivity index (χ1n) is 6.75. The summed E-state index contributed by atoms with van der Waals surface area (Å²) in [5.41, 5.74) is 0. The second-order valence-electron chi connectivity index (χ2n) is 4.92. The van der Waals surface area contributed by atoms with E-state index in [1.54, 1.807) is 0 Å². The third-order valence-electron chi connectivity index (χ3n) is 2.52. The lowest BCUT2D eigenvalue weighted by Gasteiger charge is -2.09. The van der Waals surface area contributed by atoms with E-state index < -0.39 is 0 Å². The van der Waals surface area contributed by atoms with Gasteiger partial charge in [-0.1, -0.05) is 39.0 Å². The number of thioether (sulfide) groups is 1. The van der Waals surface area contributed by atoms with E-state index in [0.717, 1.165) is 37.9 Å². The number of ether oxygens (including phenoxy) is 1. The molecule has 1 aliphatic rings. The van der Waals surface area contributed by atoms with Crippen molar-refractivity contribution in [2.45, 2.75) is 45.3 Å². The largest absolute Gasteiger partial charge is 0.381 e. The number of nitrogens with one attached hydrogen (secondary N) is 1. The Labute approximate surface area is 110 Å².